The van der Waals surface area contributed by atoms with Gasteiger partial charge in [0.15, 0.2) is 0 Å². The van der Waals surface area contributed by atoms with Gasteiger partial charge < -0.3 is 10.1 Å². The van der Waals surface area contributed by atoms with Crippen LogP contribution < -0.4 is 5.32 Å². The predicted molar refractivity (Wildman–Crippen MR) is 84.8 cm³/mol. The van der Waals surface area contributed by atoms with Gasteiger partial charge in [0, 0.05) is 43.9 Å². The number of alkyl halides is 1. The van der Waals surface area contributed by atoms with Gasteiger partial charge in [0.1, 0.15) is 11.5 Å². The first-order valence-electron chi connectivity index (χ1n) is 7.35. The molecule has 0 amide bonds. The Kier molecular flexibility index (Phi) is 4.73. The predicted octanol–water partition coefficient (Wildman–Crippen LogP) is 3.87. The lowest BCUT2D eigenvalue weighted by molar-refractivity contribution is -0.00118. The van der Waals surface area contributed by atoms with Crippen LogP contribution in [-0.2, 0) is 4.74 Å². The maximum atomic E-state index is 14.5. The van der Waals surface area contributed by atoms with E-state index in [4.69, 9.17) is 16.3 Å². The van der Waals surface area contributed by atoms with Crippen molar-refractivity contribution < 1.29 is 13.5 Å². The number of hydrogen-bond acceptors (Lipinski definition) is 4. The molecular formula is C16H16ClF2N3O. The molecule has 0 atom stereocenters. The van der Waals surface area contributed by atoms with E-state index in [1.165, 1.54) is 12.3 Å². The zero-order valence-electron chi connectivity index (χ0n) is 12.4. The zero-order chi connectivity index (χ0) is 16.3. The fourth-order valence-corrected chi connectivity index (χ4v) is 2.66. The monoisotopic (exact) mass is 339 g/mol. The fraction of sp³-hybridized carbons (Fsp3) is 0.375. The smallest absolute Gasteiger partial charge is 0.213 e. The van der Waals surface area contributed by atoms with Crippen molar-refractivity contribution >= 4 is 17.4 Å². The molecule has 7 heteroatoms. The van der Waals surface area contributed by atoms with Gasteiger partial charge in [-0.3, -0.25) is 0 Å². The van der Waals surface area contributed by atoms with Gasteiger partial charge in [-0.15, -0.1) is 0 Å². The molecule has 2 aromatic rings. The van der Waals surface area contributed by atoms with Crippen LogP contribution in [0, 0.1) is 5.95 Å². The van der Waals surface area contributed by atoms with Gasteiger partial charge in [-0.1, -0.05) is 17.7 Å². The summed E-state index contributed by atoms with van der Waals surface area (Å²) in [7, 11) is 0. The topological polar surface area (TPSA) is 47.0 Å². The summed E-state index contributed by atoms with van der Waals surface area (Å²) >= 11 is 6.04. The van der Waals surface area contributed by atoms with Crippen molar-refractivity contribution in [3.8, 4) is 11.3 Å². The summed E-state index contributed by atoms with van der Waals surface area (Å²) in [6.07, 6.45) is 1.97. The second kappa shape index (κ2) is 6.76. The second-order valence-corrected chi connectivity index (χ2v) is 5.92. The number of rotatable bonds is 4. The van der Waals surface area contributed by atoms with Crippen LogP contribution in [0.25, 0.3) is 11.3 Å². The van der Waals surface area contributed by atoms with Crippen LogP contribution in [0.4, 0.5) is 14.6 Å². The molecule has 0 radical (unpaired) electrons. The molecule has 122 valence electrons. The average molecular weight is 340 g/mol. The van der Waals surface area contributed by atoms with E-state index in [0.29, 0.717) is 48.2 Å². The number of nitrogens with zero attached hydrogens (tertiary/aromatic N) is 2. The molecule has 1 aliphatic heterocycles. The minimum Gasteiger partial charge on any atom is -0.381 e. The number of pyridine rings is 2. The van der Waals surface area contributed by atoms with Crippen molar-refractivity contribution in [3.05, 3.63) is 41.4 Å². The Morgan fingerprint density at radius 1 is 1.30 bits per heavy atom. The summed E-state index contributed by atoms with van der Waals surface area (Å²) in [5, 5.41) is 3.31. The number of ether oxygens (including phenoxy) is 1. The molecule has 1 saturated heterocycles. The summed E-state index contributed by atoms with van der Waals surface area (Å²) in [6.45, 7) is 1.01. The average Bonchev–Trinajstić information content (AvgIpc) is 2.56. The summed E-state index contributed by atoms with van der Waals surface area (Å²) in [5.74, 6) is -0.117. The molecule has 0 saturated carbocycles. The van der Waals surface area contributed by atoms with Crippen molar-refractivity contribution in [2.45, 2.75) is 18.5 Å². The number of aromatic nitrogens is 2. The highest BCUT2D eigenvalue weighted by atomic mass is 35.5. The second-order valence-electron chi connectivity index (χ2n) is 5.51. The third-order valence-corrected chi connectivity index (χ3v) is 4.12. The molecule has 0 bridgehead atoms. The van der Waals surface area contributed by atoms with Gasteiger partial charge in [0.2, 0.25) is 5.95 Å². The van der Waals surface area contributed by atoms with Gasteiger partial charge in [-0.05, 0) is 12.1 Å². The number of nitrogens with one attached hydrogen (secondary N) is 1. The molecule has 3 rings (SSSR count). The lowest BCUT2D eigenvalue weighted by Gasteiger charge is -2.29. The third-order valence-electron chi connectivity index (χ3n) is 3.82. The highest BCUT2D eigenvalue weighted by Crippen LogP contribution is 2.28. The molecule has 0 spiro atoms. The van der Waals surface area contributed by atoms with E-state index in [2.05, 4.69) is 15.3 Å². The molecule has 1 N–H and O–H groups in total. The van der Waals surface area contributed by atoms with Gasteiger partial charge in [-0.2, -0.15) is 4.39 Å². The first kappa shape index (κ1) is 16.1. The normalized spacial score (nSPS) is 17.0. The Morgan fingerprint density at radius 2 is 2.09 bits per heavy atom. The molecule has 0 aromatic carbocycles. The molecule has 1 aliphatic rings. The van der Waals surface area contributed by atoms with Gasteiger partial charge in [-0.25, -0.2) is 14.4 Å². The summed E-state index contributed by atoms with van der Waals surface area (Å²) in [5.41, 5.74) is -0.346. The summed E-state index contributed by atoms with van der Waals surface area (Å²) < 4.78 is 33.0. The Morgan fingerprint density at radius 3 is 2.87 bits per heavy atom. The highest BCUT2D eigenvalue weighted by molar-refractivity contribution is 6.33. The van der Waals surface area contributed by atoms with E-state index in [1.807, 2.05) is 0 Å². The molecule has 0 aliphatic carbocycles. The van der Waals surface area contributed by atoms with E-state index in [0.717, 1.165) is 0 Å². The minimum absolute atomic E-state index is 0.158. The number of hydrogen-bond donors (Lipinski definition) is 1. The molecule has 23 heavy (non-hydrogen) atoms. The van der Waals surface area contributed by atoms with Crippen LogP contribution in [0.15, 0.2) is 30.5 Å². The minimum atomic E-state index is -1.30. The first-order valence-corrected chi connectivity index (χ1v) is 7.73. The zero-order valence-corrected chi connectivity index (χ0v) is 13.1. The van der Waals surface area contributed by atoms with Crippen molar-refractivity contribution in [3.63, 3.8) is 0 Å². The maximum absolute atomic E-state index is 14.5. The third kappa shape index (κ3) is 3.95. The van der Waals surface area contributed by atoms with Crippen molar-refractivity contribution in [1.82, 2.24) is 9.97 Å². The van der Waals surface area contributed by atoms with Crippen LogP contribution in [0.5, 0.6) is 0 Å². The Hall–Kier alpha value is -1.79. The quantitative estimate of drug-likeness (QED) is 0.859. The fourth-order valence-electron chi connectivity index (χ4n) is 2.46. The highest BCUT2D eigenvalue weighted by Gasteiger charge is 2.32. The van der Waals surface area contributed by atoms with E-state index >= 15 is 0 Å². The van der Waals surface area contributed by atoms with Gasteiger partial charge >= 0.3 is 0 Å². The van der Waals surface area contributed by atoms with E-state index in [1.54, 1.807) is 18.2 Å². The molecule has 2 aromatic heterocycles. The van der Waals surface area contributed by atoms with Crippen molar-refractivity contribution in [2.24, 2.45) is 0 Å². The van der Waals surface area contributed by atoms with Crippen LogP contribution in [0.1, 0.15) is 12.8 Å². The lowest BCUT2D eigenvalue weighted by Crippen LogP contribution is -2.38. The first-order chi connectivity index (χ1) is 11.1. The van der Waals surface area contributed by atoms with E-state index < -0.39 is 11.6 Å². The van der Waals surface area contributed by atoms with E-state index in [9.17, 15) is 8.78 Å². The molecule has 0 unspecified atom stereocenters. The number of halogens is 3. The summed E-state index contributed by atoms with van der Waals surface area (Å²) in [4.78, 5) is 7.86. The number of anilines is 1. The van der Waals surface area contributed by atoms with E-state index in [-0.39, 0.29) is 6.54 Å². The van der Waals surface area contributed by atoms with Crippen molar-refractivity contribution in [2.75, 3.05) is 25.1 Å². The van der Waals surface area contributed by atoms with Crippen LogP contribution in [0.3, 0.4) is 0 Å². The Balaban J connectivity index is 1.76. The van der Waals surface area contributed by atoms with Gasteiger partial charge in [0.25, 0.3) is 0 Å². The van der Waals surface area contributed by atoms with Crippen LogP contribution in [0.2, 0.25) is 5.02 Å². The maximum Gasteiger partial charge on any atom is 0.213 e. The standard InChI is InChI=1S/C16H16ClF2N3O/c17-12-9-20-14(18)8-11(12)13-2-1-3-15(22-13)21-10-16(19)4-6-23-7-5-16/h1-3,8-9H,4-7,10H2,(H,21,22). The lowest BCUT2D eigenvalue weighted by atomic mass is 9.96. The van der Waals surface area contributed by atoms with Crippen molar-refractivity contribution in [1.29, 1.82) is 0 Å². The molecular weight excluding hydrogens is 324 g/mol. The largest absolute Gasteiger partial charge is 0.381 e. The SMILES string of the molecule is Fc1cc(-c2cccc(NCC3(F)CCOCC3)n2)c(Cl)cn1. The Bertz CT molecular complexity index is 693. The Labute approximate surface area is 137 Å². The van der Waals surface area contributed by atoms with Crippen LogP contribution >= 0.6 is 11.6 Å². The molecule has 4 nitrogen and oxygen atoms in total. The summed E-state index contributed by atoms with van der Waals surface area (Å²) in [6, 6.07) is 6.43. The molecule has 3 heterocycles. The molecule has 1 fully saturated rings. The van der Waals surface area contributed by atoms with Crippen LogP contribution in [-0.4, -0.2) is 35.4 Å². The van der Waals surface area contributed by atoms with Gasteiger partial charge in [0.05, 0.1) is 17.3 Å².